The number of benzene rings is 3. The van der Waals surface area contributed by atoms with Crippen molar-refractivity contribution >= 4 is 26.5 Å². The van der Waals surface area contributed by atoms with E-state index in [0.29, 0.717) is 5.71 Å². The van der Waals surface area contributed by atoms with Crippen molar-refractivity contribution in [1.29, 1.82) is 0 Å². The Hall–Kier alpha value is -2.46. The van der Waals surface area contributed by atoms with Gasteiger partial charge >= 0.3 is 0 Å². The van der Waals surface area contributed by atoms with Crippen molar-refractivity contribution < 1.29 is 8.42 Å². The fourth-order valence-corrected chi connectivity index (χ4v) is 3.46. The Morgan fingerprint density at radius 3 is 2.22 bits per heavy atom. The van der Waals surface area contributed by atoms with E-state index in [0.717, 1.165) is 21.9 Å². The van der Waals surface area contributed by atoms with Gasteiger partial charge in [0.2, 0.25) is 0 Å². The van der Waals surface area contributed by atoms with Crippen molar-refractivity contribution in [1.82, 2.24) is 0 Å². The molecule has 3 aromatic carbocycles. The Bertz CT molecular complexity index is 987. The number of hydrogen-bond donors (Lipinski definition) is 0. The average Bonchev–Trinajstić information content (AvgIpc) is 2.54. The van der Waals surface area contributed by atoms with Crippen LogP contribution >= 0.6 is 0 Å². The minimum Gasteiger partial charge on any atom is -0.199 e. The molecule has 0 bridgehead atoms. The SMILES string of the molecule is C/C(=N\S(=O)(=O)c1ccc(C)cc1)c1ccc2ccccc2c1. The van der Waals surface area contributed by atoms with Gasteiger partial charge in [0.05, 0.1) is 10.6 Å². The van der Waals surface area contributed by atoms with Crippen LogP contribution in [-0.4, -0.2) is 14.1 Å². The number of aryl methyl sites for hydroxylation is 1. The molecule has 0 aliphatic rings. The second-order valence-electron chi connectivity index (χ2n) is 5.53. The van der Waals surface area contributed by atoms with Crippen LogP contribution in [0.4, 0.5) is 0 Å². The van der Waals surface area contributed by atoms with Gasteiger partial charge in [0, 0.05) is 0 Å². The highest BCUT2D eigenvalue weighted by molar-refractivity contribution is 7.90. The summed E-state index contributed by atoms with van der Waals surface area (Å²) < 4.78 is 28.8. The summed E-state index contributed by atoms with van der Waals surface area (Å²) >= 11 is 0. The number of fused-ring (bicyclic) bond motifs is 1. The van der Waals surface area contributed by atoms with Crippen LogP contribution in [0.5, 0.6) is 0 Å². The smallest absolute Gasteiger partial charge is 0.199 e. The molecule has 0 aromatic heterocycles. The highest BCUT2D eigenvalue weighted by Crippen LogP contribution is 2.18. The molecule has 0 radical (unpaired) electrons. The fraction of sp³-hybridized carbons (Fsp3) is 0.105. The first kappa shape index (κ1) is 15.4. The maximum Gasteiger partial charge on any atom is 0.282 e. The maximum atomic E-state index is 12.4. The number of sulfonamides is 1. The molecule has 23 heavy (non-hydrogen) atoms. The van der Waals surface area contributed by atoms with Crippen LogP contribution < -0.4 is 0 Å². The van der Waals surface area contributed by atoms with Crippen LogP contribution in [0.25, 0.3) is 10.8 Å². The molecule has 0 atom stereocenters. The second kappa shape index (κ2) is 5.97. The zero-order valence-electron chi connectivity index (χ0n) is 13.0. The molecule has 3 rings (SSSR count). The van der Waals surface area contributed by atoms with Crippen LogP contribution in [-0.2, 0) is 10.0 Å². The molecule has 0 saturated carbocycles. The zero-order chi connectivity index (χ0) is 16.4. The lowest BCUT2D eigenvalue weighted by atomic mass is 10.1. The van der Waals surface area contributed by atoms with E-state index < -0.39 is 10.0 Å². The minimum atomic E-state index is -3.69. The van der Waals surface area contributed by atoms with Gasteiger partial charge in [-0.25, -0.2) is 0 Å². The first-order chi connectivity index (χ1) is 11.0. The summed E-state index contributed by atoms with van der Waals surface area (Å²) in [6.45, 7) is 3.63. The highest BCUT2D eigenvalue weighted by Gasteiger charge is 2.13. The molecule has 3 nitrogen and oxygen atoms in total. The van der Waals surface area contributed by atoms with E-state index in [1.54, 1.807) is 31.2 Å². The molecule has 0 spiro atoms. The number of rotatable bonds is 3. The van der Waals surface area contributed by atoms with E-state index in [2.05, 4.69) is 4.40 Å². The number of hydrogen-bond acceptors (Lipinski definition) is 2. The Kier molecular flexibility index (Phi) is 4.01. The van der Waals surface area contributed by atoms with Crippen molar-refractivity contribution in [2.45, 2.75) is 18.7 Å². The van der Waals surface area contributed by atoms with E-state index in [1.807, 2.05) is 49.4 Å². The summed E-state index contributed by atoms with van der Waals surface area (Å²) in [5, 5.41) is 2.18. The lowest BCUT2D eigenvalue weighted by molar-refractivity contribution is 0.598. The molecule has 0 saturated heterocycles. The van der Waals surface area contributed by atoms with Crippen molar-refractivity contribution in [2.75, 3.05) is 0 Å². The minimum absolute atomic E-state index is 0.211. The van der Waals surface area contributed by atoms with E-state index in [4.69, 9.17) is 0 Å². The van der Waals surface area contributed by atoms with Gasteiger partial charge in [-0.05, 0) is 48.4 Å². The van der Waals surface area contributed by atoms with Crippen molar-refractivity contribution in [3.8, 4) is 0 Å². The van der Waals surface area contributed by atoms with Gasteiger partial charge in [0.1, 0.15) is 0 Å². The van der Waals surface area contributed by atoms with E-state index in [1.165, 1.54) is 0 Å². The van der Waals surface area contributed by atoms with Gasteiger partial charge < -0.3 is 0 Å². The first-order valence-electron chi connectivity index (χ1n) is 7.33. The molecule has 0 heterocycles. The third kappa shape index (κ3) is 3.32. The summed E-state index contributed by atoms with van der Waals surface area (Å²) in [4.78, 5) is 0.211. The van der Waals surface area contributed by atoms with Crippen LogP contribution in [0.1, 0.15) is 18.1 Å². The summed E-state index contributed by atoms with van der Waals surface area (Å²) in [7, 11) is -3.69. The largest absolute Gasteiger partial charge is 0.282 e. The molecule has 3 aromatic rings. The Balaban J connectivity index is 2.01. The van der Waals surface area contributed by atoms with E-state index in [-0.39, 0.29) is 4.90 Å². The third-order valence-corrected chi connectivity index (χ3v) is 5.13. The van der Waals surface area contributed by atoms with Crippen molar-refractivity contribution in [3.63, 3.8) is 0 Å². The van der Waals surface area contributed by atoms with Gasteiger partial charge in [-0.15, -0.1) is 0 Å². The van der Waals surface area contributed by atoms with Gasteiger partial charge in [-0.2, -0.15) is 12.8 Å². The Morgan fingerprint density at radius 2 is 1.52 bits per heavy atom. The van der Waals surface area contributed by atoms with Gasteiger partial charge in [0.25, 0.3) is 10.0 Å². The summed E-state index contributed by atoms with van der Waals surface area (Å²) in [5.41, 5.74) is 2.30. The lowest BCUT2D eigenvalue weighted by Crippen LogP contribution is -2.03. The standard InChI is InChI=1S/C19H17NO2S/c1-14-7-11-19(12-8-14)23(21,22)20-15(2)17-10-9-16-5-3-4-6-18(16)13-17/h3-13H,1-2H3/b20-15+. The molecular formula is C19H17NO2S. The van der Waals surface area contributed by atoms with Gasteiger partial charge in [0.15, 0.2) is 0 Å². The molecule has 0 N–H and O–H groups in total. The van der Waals surface area contributed by atoms with Gasteiger partial charge in [-0.3, -0.25) is 0 Å². The highest BCUT2D eigenvalue weighted by atomic mass is 32.2. The van der Waals surface area contributed by atoms with Crippen LogP contribution in [0.15, 0.2) is 76.0 Å². The van der Waals surface area contributed by atoms with E-state index in [9.17, 15) is 8.42 Å². The predicted molar refractivity (Wildman–Crippen MR) is 94.5 cm³/mol. The monoisotopic (exact) mass is 323 g/mol. The van der Waals surface area contributed by atoms with Gasteiger partial charge in [-0.1, -0.05) is 54.1 Å². The molecule has 0 unspecified atom stereocenters. The summed E-state index contributed by atoms with van der Waals surface area (Å²) in [6, 6.07) is 20.5. The molecule has 0 amide bonds. The van der Waals surface area contributed by atoms with Crippen molar-refractivity contribution in [2.24, 2.45) is 4.40 Å². The van der Waals surface area contributed by atoms with Crippen LogP contribution in [0.3, 0.4) is 0 Å². The molecule has 0 aliphatic heterocycles. The maximum absolute atomic E-state index is 12.4. The topological polar surface area (TPSA) is 46.5 Å². The zero-order valence-corrected chi connectivity index (χ0v) is 13.8. The molecular weight excluding hydrogens is 306 g/mol. The first-order valence-corrected chi connectivity index (χ1v) is 8.77. The Labute approximate surface area is 136 Å². The molecule has 4 heteroatoms. The molecule has 116 valence electrons. The normalized spacial score (nSPS) is 12.5. The van der Waals surface area contributed by atoms with Crippen LogP contribution in [0, 0.1) is 6.92 Å². The lowest BCUT2D eigenvalue weighted by Gasteiger charge is -2.05. The summed E-state index contributed by atoms with van der Waals surface area (Å²) in [5.74, 6) is 0. The Morgan fingerprint density at radius 1 is 0.870 bits per heavy atom. The second-order valence-corrected chi connectivity index (χ2v) is 7.13. The third-order valence-electron chi connectivity index (χ3n) is 3.74. The van der Waals surface area contributed by atoms with Crippen LogP contribution in [0.2, 0.25) is 0 Å². The fourth-order valence-electron chi connectivity index (χ4n) is 2.41. The van der Waals surface area contributed by atoms with Crippen molar-refractivity contribution in [3.05, 3.63) is 77.9 Å². The number of nitrogens with zero attached hydrogens (tertiary/aromatic N) is 1. The molecule has 0 aliphatic carbocycles. The summed E-state index contributed by atoms with van der Waals surface area (Å²) in [6.07, 6.45) is 0. The molecule has 0 fully saturated rings. The quantitative estimate of drug-likeness (QED) is 0.673. The predicted octanol–water partition coefficient (Wildman–Crippen LogP) is 4.35. The van der Waals surface area contributed by atoms with E-state index >= 15 is 0 Å². The average molecular weight is 323 g/mol.